The first kappa shape index (κ1) is 17.5. The van der Waals surface area contributed by atoms with Gasteiger partial charge in [-0.3, -0.25) is 4.79 Å². The van der Waals surface area contributed by atoms with Gasteiger partial charge in [-0.05, 0) is 45.4 Å². The summed E-state index contributed by atoms with van der Waals surface area (Å²) >= 11 is 0. The molecule has 1 unspecified atom stereocenters. The second-order valence-corrected chi connectivity index (χ2v) is 5.65. The molecule has 2 heterocycles. The van der Waals surface area contributed by atoms with Crippen LogP contribution in [0.3, 0.4) is 0 Å². The maximum atomic E-state index is 11.5. The highest BCUT2D eigenvalue weighted by Crippen LogP contribution is 2.17. The summed E-state index contributed by atoms with van der Waals surface area (Å²) < 4.78 is 10.4. The number of anilines is 1. The average Bonchev–Trinajstić information content (AvgIpc) is 2.56. The van der Waals surface area contributed by atoms with Crippen molar-refractivity contribution in [1.82, 2.24) is 9.88 Å². The summed E-state index contributed by atoms with van der Waals surface area (Å²) in [5.41, 5.74) is 0. The number of hydrogen-bond acceptors (Lipinski definition) is 6. The molecule has 1 aliphatic heterocycles. The van der Waals surface area contributed by atoms with E-state index in [1.54, 1.807) is 6.20 Å². The SMILES string of the molecule is CCOC(=O)CCN1CCCC(Nc2ccc(OCC)cn2)C1. The van der Waals surface area contributed by atoms with E-state index in [-0.39, 0.29) is 5.97 Å². The molecule has 1 atom stereocenters. The van der Waals surface area contributed by atoms with Crippen molar-refractivity contribution in [2.24, 2.45) is 0 Å². The normalized spacial score (nSPS) is 18.4. The minimum atomic E-state index is -0.115. The molecule has 0 spiro atoms. The fourth-order valence-electron chi connectivity index (χ4n) is 2.79. The van der Waals surface area contributed by atoms with Gasteiger partial charge in [0.1, 0.15) is 11.6 Å². The quantitative estimate of drug-likeness (QED) is 0.741. The Morgan fingerprint density at radius 1 is 1.39 bits per heavy atom. The lowest BCUT2D eigenvalue weighted by atomic mass is 10.1. The molecule has 0 saturated carbocycles. The zero-order chi connectivity index (χ0) is 16.5. The number of carbonyl (C=O) groups excluding carboxylic acids is 1. The molecule has 1 aliphatic rings. The third-order valence-electron chi connectivity index (χ3n) is 3.84. The van der Waals surface area contributed by atoms with Crippen molar-refractivity contribution >= 4 is 11.8 Å². The molecular weight excluding hydrogens is 294 g/mol. The number of esters is 1. The summed E-state index contributed by atoms with van der Waals surface area (Å²) in [5.74, 6) is 1.54. The molecule has 1 aromatic rings. The molecule has 0 bridgehead atoms. The second-order valence-electron chi connectivity index (χ2n) is 5.65. The van der Waals surface area contributed by atoms with E-state index >= 15 is 0 Å². The Morgan fingerprint density at radius 2 is 2.26 bits per heavy atom. The van der Waals surface area contributed by atoms with Crippen LogP contribution in [0.4, 0.5) is 5.82 Å². The van der Waals surface area contributed by atoms with Gasteiger partial charge in [0.2, 0.25) is 0 Å². The van der Waals surface area contributed by atoms with Crippen LogP contribution in [0.2, 0.25) is 0 Å². The van der Waals surface area contributed by atoms with E-state index < -0.39 is 0 Å². The van der Waals surface area contributed by atoms with Gasteiger partial charge in [0.15, 0.2) is 0 Å². The Hall–Kier alpha value is -1.82. The summed E-state index contributed by atoms with van der Waals surface area (Å²) in [6, 6.07) is 4.24. The molecule has 6 heteroatoms. The lowest BCUT2D eigenvalue weighted by Crippen LogP contribution is -2.43. The molecule has 0 aromatic carbocycles. The molecule has 1 aromatic heterocycles. The molecular formula is C17H27N3O3. The number of rotatable bonds is 8. The van der Waals surface area contributed by atoms with E-state index in [1.165, 1.54) is 0 Å². The first-order chi connectivity index (χ1) is 11.2. The predicted molar refractivity (Wildman–Crippen MR) is 89.7 cm³/mol. The van der Waals surface area contributed by atoms with E-state index in [2.05, 4.69) is 15.2 Å². The summed E-state index contributed by atoms with van der Waals surface area (Å²) in [4.78, 5) is 18.2. The molecule has 0 aliphatic carbocycles. The number of pyridine rings is 1. The Bertz CT molecular complexity index is 478. The van der Waals surface area contributed by atoms with Crippen LogP contribution in [0.5, 0.6) is 5.75 Å². The maximum Gasteiger partial charge on any atom is 0.307 e. The predicted octanol–water partition coefficient (Wildman–Crippen LogP) is 2.31. The van der Waals surface area contributed by atoms with Gasteiger partial charge in [-0.15, -0.1) is 0 Å². The highest BCUT2D eigenvalue weighted by Gasteiger charge is 2.20. The number of nitrogens with zero attached hydrogens (tertiary/aromatic N) is 2. The molecule has 2 rings (SSSR count). The minimum absolute atomic E-state index is 0.115. The van der Waals surface area contributed by atoms with Crippen molar-refractivity contribution in [3.05, 3.63) is 18.3 Å². The van der Waals surface area contributed by atoms with Crippen molar-refractivity contribution in [3.8, 4) is 5.75 Å². The fraction of sp³-hybridized carbons (Fsp3) is 0.647. The largest absolute Gasteiger partial charge is 0.492 e. The topological polar surface area (TPSA) is 63.7 Å². The molecule has 1 saturated heterocycles. The second kappa shape index (κ2) is 9.35. The number of nitrogens with one attached hydrogen (secondary N) is 1. The number of carbonyl (C=O) groups is 1. The molecule has 23 heavy (non-hydrogen) atoms. The number of aromatic nitrogens is 1. The van der Waals surface area contributed by atoms with Gasteiger partial charge in [0.05, 0.1) is 25.8 Å². The Kier molecular flexibility index (Phi) is 7.13. The zero-order valence-electron chi connectivity index (χ0n) is 14.1. The third-order valence-corrected chi connectivity index (χ3v) is 3.84. The summed E-state index contributed by atoms with van der Waals surface area (Å²) in [6.07, 6.45) is 4.44. The van der Waals surface area contributed by atoms with Crippen molar-refractivity contribution in [3.63, 3.8) is 0 Å². The summed E-state index contributed by atoms with van der Waals surface area (Å²) in [5, 5.41) is 3.47. The van der Waals surface area contributed by atoms with E-state index in [4.69, 9.17) is 9.47 Å². The lowest BCUT2D eigenvalue weighted by molar-refractivity contribution is -0.143. The molecule has 0 radical (unpaired) electrons. The van der Waals surface area contributed by atoms with Gasteiger partial charge < -0.3 is 19.7 Å². The van der Waals surface area contributed by atoms with E-state index in [1.807, 2.05) is 26.0 Å². The lowest BCUT2D eigenvalue weighted by Gasteiger charge is -2.33. The fourth-order valence-corrected chi connectivity index (χ4v) is 2.79. The van der Waals surface area contributed by atoms with Crippen LogP contribution in [0.25, 0.3) is 0 Å². The number of piperidine rings is 1. The minimum Gasteiger partial charge on any atom is -0.492 e. The monoisotopic (exact) mass is 321 g/mol. The van der Waals surface area contributed by atoms with Crippen LogP contribution in [-0.4, -0.2) is 54.7 Å². The molecule has 6 nitrogen and oxygen atoms in total. The number of ether oxygens (including phenoxy) is 2. The van der Waals surface area contributed by atoms with Gasteiger partial charge >= 0.3 is 5.97 Å². The molecule has 1 N–H and O–H groups in total. The first-order valence-corrected chi connectivity index (χ1v) is 8.44. The first-order valence-electron chi connectivity index (χ1n) is 8.44. The molecule has 1 fully saturated rings. The van der Waals surface area contributed by atoms with Crippen molar-refractivity contribution < 1.29 is 14.3 Å². The van der Waals surface area contributed by atoms with Gasteiger partial charge in [-0.2, -0.15) is 0 Å². The molecule has 0 amide bonds. The van der Waals surface area contributed by atoms with Crippen LogP contribution < -0.4 is 10.1 Å². The van der Waals surface area contributed by atoms with Crippen LogP contribution in [0.1, 0.15) is 33.1 Å². The Balaban J connectivity index is 1.78. The van der Waals surface area contributed by atoms with Gasteiger partial charge in [0.25, 0.3) is 0 Å². The van der Waals surface area contributed by atoms with Gasteiger partial charge in [-0.1, -0.05) is 0 Å². The van der Waals surface area contributed by atoms with Crippen LogP contribution in [0.15, 0.2) is 18.3 Å². The van der Waals surface area contributed by atoms with Crippen molar-refractivity contribution in [2.75, 3.05) is 38.2 Å². The van der Waals surface area contributed by atoms with Crippen molar-refractivity contribution in [1.29, 1.82) is 0 Å². The van der Waals surface area contributed by atoms with Crippen molar-refractivity contribution in [2.45, 2.75) is 39.2 Å². The Morgan fingerprint density at radius 3 is 2.96 bits per heavy atom. The molecule has 128 valence electrons. The average molecular weight is 321 g/mol. The highest BCUT2D eigenvalue weighted by atomic mass is 16.5. The standard InChI is InChI=1S/C17H27N3O3/c1-3-22-15-7-8-16(18-12-15)19-14-6-5-10-20(13-14)11-9-17(21)23-4-2/h7-8,12,14H,3-6,9-11,13H2,1-2H3,(H,18,19). The van der Waals surface area contributed by atoms with Gasteiger partial charge in [-0.25, -0.2) is 4.98 Å². The maximum absolute atomic E-state index is 11.5. The smallest absolute Gasteiger partial charge is 0.307 e. The van der Waals surface area contributed by atoms with Crippen LogP contribution in [-0.2, 0) is 9.53 Å². The summed E-state index contributed by atoms with van der Waals surface area (Å²) in [7, 11) is 0. The highest BCUT2D eigenvalue weighted by molar-refractivity contribution is 5.69. The van der Waals surface area contributed by atoms with Crippen LogP contribution >= 0.6 is 0 Å². The number of likely N-dealkylation sites (tertiary alicyclic amines) is 1. The zero-order valence-corrected chi connectivity index (χ0v) is 14.1. The van der Waals surface area contributed by atoms with E-state index in [0.717, 1.165) is 44.0 Å². The summed E-state index contributed by atoms with van der Waals surface area (Å²) in [6.45, 7) is 7.61. The third kappa shape index (κ3) is 6.06. The van der Waals surface area contributed by atoms with E-state index in [9.17, 15) is 4.79 Å². The van der Waals surface area contributed by atoms with Gasteiger partial charge in [0, 0.05) is 19.1 Å². The van der Waals surface area contributed by atoms with E-state index in [0.29, 0.717) is 25.7 Å². The Labute approximate surface area is 138 Å². The number of hydrogen-bond donors (Lipinski definition) is 1. The van der Waals surface area contributed by atoms with Crippen LogP contribution in [0, 0.1) is 0 Å².